The van der Waals surface area contributed by atoms with Crippen molar-refractivity contribution in [2.45, 2.75) is 6.92 Å². The van der Waals surface area contributed by atoms with Gasteiger partial charge in [-0.1, -0.05) is 0 Å². The molecule has 0 aromatic heterocycles. The van der Waals surface area contributed by atoms with E-state index in [1.54, 1.807) is 0 Å². The molecular formula is C4H5NXe. The Balaban J connectivity index is 2.61. The second-order valence-electron chi connectivity index (χ2n) is 0.978. The number of nitrogens with zero attached hydrogens (tertiary/aromatic N) is 1. The quantitative estimate of drug-likeness (QED) is 0.550. The Morgan fingerprint density at radius 2 is 2.67 bits per heavy atom. The van der Waals surface area contributed by atoms with Gasteiger partial charge in [0.2, 0.25) is 0 Å². The second-order valence-corrected chi connectivity index (χ2v) is 3.69. The van der Waals surface area contributed by atoms with Crippen LogP contribution in [-0.4, -0.2) is 0.180 Å². The van der Waals surface area contributed by atoms with Crippen molar-refractivity contribution in [1.29, 1.82) is 0 Å². The van der Waals surface area contributed by atoms with E-state index in [1.807, 2.05) is 6.20 Å². The van der Waals surface area contributed by atoms with Gasteiger partial charge in [0.05, 0.1) is 0 Å². The zero-order chi connectivity index (χ0) is 4.41. The molecule has 0 amide bonds. The number of hydrogen-bond donors (Lipinski definition) is 0. The third-order valence-electron chi connectivity index (χ3n) is 0.509. The molecule has 0 unspecified atom stereocenters. The van der Waals surface area contributed by atoms with Crippen LogP contribution in [0.2, 0.25) is 0 Å². The molecule has 1 aliphatic rings. The van der Waals surface area contributed by atoms with Gasteiger partial charge in [-0.05, 0) is 0 Å². The summed E-state index contributed by atoms with van der Waals surface area (Å²) in [6, 6.07) is 0. The Hall–Kier alpha value is 0.981. The molecule has 0 aliphatic carbocycles. The zero-order valence-electron chi connectivity index (χ0n) is 3.46. The molecule has 1 aliphatic heterocycles. The van der Waals surface area contributed by atoms with E-state index in [4.69, 9.17) is 0 Å². The van der Waals surface area contributed by atoms with Crippen molar-refractivity contribution < 1.29 is 44.2 Å². The van der Waals surface area contributed by atoms with E-state index < -0.39 is 0 Å². The molecule has 34 valence electrons. The molecule has 0 saturated carbocycles. The third kappa shape index (κ3) is 1.24. The summed E-state index contributed by atoms with van der Waals surface area (Å²) in [6.45, 7) is 2.07. The van der Waals surface area contributed by atoms with E-state index in [2.05, 4.69) is 12.5 Å². The van der Waals surface area contributed by atoms with Crippen LogP contribution >= 0.6 is 0 Å². The maximum absolute atomic E-state index is 4.01. The van der Waals surface area contributed by atoms with Crippen LogP contribution in [0.25, 0.3) is 0 Å². The van der Waals surface area contributed by atoms with Crippen molar-refractivity contribution in [2.24, 2.45) is 4.99 Å². The minimum absolute atomic E-state index is 0.396. The van der Waals surface area contributed by atoms with Gasteiger partial charge >= 0.3 is 63.0 Å². The van der Waals surface area contributed by atoms with Crippen molar-refractivity contribution in [3.05, 3.63) is 6.74 Å². The summed E-state index contributed by atoms with van der Waals surface area (Å²) in [5.41, 5.74) is 0. The summed E-state index contributed by atoms with van der Waals surface area (Å²) in [4.78, 5) is 4.01. The molecule has 0 atom stereocenters. The first kappa shape index (κ1) is 5.12. The zero-order valence-corrected chi connectivity index (χ0v) is 5.47. The van der Waals surface area contributed by atoms with Gasteiger partial charge in [-0.25, -0.2) is 0 Å². The molecule has 1 heterocycles. The average Bonchev–Trinajstić information content (AvgIpc) is 1.86. The SMILES string of the molecule is CC1=NC=C[Xe]1. The summed E-state index contributed by atoms with van der Waals surface area (Å²) in [7, 11) is 0. The number of rotatable bonds is 0. The van der Waals surface area contributed by atoms with Crippen LogP contribution < -0.4 is 0 Å². The predicted octanol–water partition coefficient (Wildman–Crippen LogP) is 0.975. The molecular weight excluding hydrogens is 193 g/mol. The summed E-state index contributed by atoms with van der Waals surface area (Å²) in [5.74, 6) is 0. The minimum atomic E-state index is 0.396. The standard InChI is InChI=1S/C4H5NXe/c1-4-5-2-3-6-4/h2-3H,1H3. The summed E-state index contributed by atoms with van der Waals surface area (Å²) >= 11 is 0.396. The Kier molecular flexibility index (Phi) is 1.99. The van der Waals surface area contributed by atoms with Gasteiger partial charge in [0, 0.05) is 0 Å². The third-order valence-corrected chi connectivity index (χ3v) is 2.25. The molecule has 0 aromatic rings. The first-order chi connectivity index (χ1) is 2.89. The molecule has 1 nitrogen and oxygen atoms in total. The van der Waals surface area contributed by atoms with Crippen LogP contribution in [0.15, 0.2) is 11.7 Å². The average molecular weight is 198 g/mol. The van der Waals surface area contributed by atoms with Crippen LogP contribution in [0.3, 0.4) is 0 Å². The van der Waals surface area contributed by atoms with E-state index in [0.717, 1.165) is 0 Å². The fraction of sp³-hybridized carbons (Fsp3) is 0.250. The van der Waals surface area contributed by atoms with E-state index in [0.29, 0.717) is 44.2 Å². The second kappa shape index (κ2) is 2.33. The van der Waals surface area contributed by atoms with Gasteiger partial charge < -0.3 is 0 Å². The molecule has 0 bridgehead atoms. The Morgan fingerprint density at radius 1 is 1.83 bits per heavy atom. The molecule has 0 aromatic carbocycles. The first-order valence-electron chi connectivity index (χ1n) is 1.70. The van der Waals surface area contributed by atoms with E-state index in [9.17, 15) is 0 Å². The van der Waals surface area contributed by atoms with Crippen molar-refractivity contribution >= 4 is 0.180 Å². The molecule has 2 heteroatoms. The Bertz CT molecular complexity index is 104. The van der Waals surface area contributed by atoms with Crippen LogP contribution in [0, 0.1) is 44.2 Å². The van der Waals surface area contributed by atoms with Gasteiger partial charge in [0.1, 0.15) is 0 Å². The van der Waals surface area contributed by atoms with Crippen molar-refractivity contribution in [2.75, 3.05) is 0 Å². The molecule has 0 radical (unpaired) electrons. The molecule has 1 rings (SSSR count). The summed E-state index contributed by atoms with van der Waals surface area (Å²) in [5, 5.41) is 0. The maximum atomic E-state index is 4.01. The van der Waals surface area contributed by atoms with Crippen molar-refractivity contribution in [1.82, 2.24) is 0 Å². The van der Waals surface area contributed by atoms with Crippen LogP contribution in [0.1, 0.15) is 6.92 Å². The number of hydrogen-bond acceptors (Lipinski definition) is 1. The van der Waals surface area contributed by atoms with Gasteiger partial charge in [0.25, 0.3) is 0 Å². The fourth-order valence-corrected chi connectivity index (χ4v) is 1.35. The predicted molar refractivity (Wildman–Crippen MR) is 22.2 cm³/mol. The van der Waals surface area contributed by atoms with Crippen molar-refractivity contribution in [3.63, 3.8) is 0 Å². The Labute approximate surface area is 61.9 Å². The van der Waals surface area contributed by atoms with E-state index in [1.165, 1.54) is 0.180 Å². The normalized spacial score (nSPS) is 19.8. The molecule has 0 saturated heterocycles. The number of aliphatic imine (C=N–C) groups is 1. The van der Waals surface area contributed by atoms with Gasteiger partial charge in [-0.3, -0.25) is 0 Å². The van der Waals surface area contributed by atoms with Crippen molar-refractivity contribution in [3.8, 4) is 0 Å². The topological polar surface area (TPSA) is 12.4 Å². The molecule has 0 N–H and O–H groups in total. The summed E-state index contributed by atoms with van der Waals surface area (Å²) in [6.07, 6.45) is 1.88. The van der Waals surface area contributed by atoms with Crippen LogP contribution in [0.4, 0.5) is 0 Å². The first-order valence-corrected chi connectivity index (χ1v) is 3.87. The monoisotopic (exact) mass is 199 g/mol. The molecule has 0 fully saturated rings. The van der Waals surface area contributed by atoms with E-state index in [-0.39, 0.29) is 0 Å². The summed E-state index contributed by atoms with van der Waals surface area (Å²) < 4.78 is 3.45. The molecule has 6 heavy (non-hydrogen) atoms. The van der Waals surface area contributed by atoms with E-state index >= 15 is 0 Å². The van der Waals surface area contributed by atoms with Gasteiger partial charge in [-0.2, -0.15) is 0 Å². The van der Waals surface area contributed by atoms with Crippen LogP contribution in [0.5, 0.6) is 0 Å². The van der Waals surface area contributed by atoms with Crippen LogP contribution in [-0.2, 0) is 0 Å². The molecule has 0 spiro atoms. The van der Waals surface area contributed by atoms with Gasteiger partial charge in [0.15, 0.2) is 0 Å². The fourth-order valence-electron chi connectivity index (χ4n) is 0.265. The van der Waals surface area contributed by atoms with Gasteiger partial charge in [-0.15, -0.1) is 0 Å². The Morgan fingerprint density at radius 3 is 2.83 bits per heavy atom.